The van der Waals surface area contributed by atoms with E-state index in [0.717, 1.165) is 5.06 Å². The van der Waals surface area contributed by atoms with Crippen LogP contribution in [0.25, 0.3) is 0 Å². The first-order valence-corrected chi connectivity index (χ1v) is 4.15. The Bertz CT molecular complexity index is 327. The van der Waals surface area contributed by atoms with E-state index >= 15 is 0 Å². The van der Waals surface area contributed by atoms with E-state index in [9.17, 15) is 4.79 Å². The monoisotopic (exact) mass is 210 g/mol. The van der Waals surface area contributed by atoms with Crippen molar-refractivity contribution in [2.75, 3.05) is 21.1 Å². The molecule has 0 aromatic rings. The van der Waals surface area contributed by atoms with E-state index in [1.807, 2.05) is 0 Å². The summed E-state index contributed by atoms with van der Waals surface area (Å²) < 4.78 is 0. The SMILES string of the molecule is C=C(C)C(=O)ON(C)C(=NC#N)N(C)C. The first-order valence-electron chi connectivity index (χ1n) is 4.15. The number of hydroxylamine groups is 2. The summed E-state index contributed by atoms with van der Waals surface area (Å²) in [6.45, 7) is 4.97. The maximum Gasteiger partial charge on any atom is 0.358 e. The second kappa shape index (κ2) is 5.65. The Labute approximate surface area is 89.0 Å². The van der Waals surface area contributed by atoms with Crippen molar-refractivity contribution in [3.05, 3.63) is 12.2 Å². The lowest BCUT2D eigenvalue weighted by molar-refractivity contribution is -0.164. The number of nitriles is 1. The van der Waals surface area contributed by atoms with Crippen LogP contribution in [0.2, 0.25) is 0 Å². The minimum absolute atomic E-state index is 0.229. The van der Waals surface area contributed by atoms with Gasteiger partial charge in [-0.3, -0.25) is 0 Å². The van der Waals surface area contributed by atoms with Crippen molar-refractivity contribution in [2.45, 2.75) is 6.92 Å². The largest absolute Gasteiger partial charge is 0.358 e. The number of rotatable bonds is 1. The molecule has 0 amide bonds. The van der Waals surface area contributed by atoms with Crippen LogP contribution >= 0.6 is 0 Å². The van der Waals surface area contributed by atoms with Crippen LogP contribution in [0.3, 0.4) is 0 Å². The molecule has 0 aliphatic heterocycles. The molecule has 82 valence electrons. The molecule has 0 heterocycles. The topological polar surface area (TPSA) is 68.9 Å². The maximum absolute atomic E-state index is 11.2. The highest BCUT2D eigenvalue weighted by atomic mass is 16.7. The average Bonchev–Trinajstić information content (AvgIpc) is 2.12. The van der Waals surface area contributed by atoms with E-state index in [4.69, 9.17) is 10.1 Å². The quantitative estimate of drug-likeness (QED) is 0.205. The van der Waals surface area contributed by atoms with E-state index in [-0.39, 0.29) is 11.5 Å². The van der Waals surface area contributed by atoms with Gasteiger partial charge in [-0.1, -0.05) is 6.58 Å². The molecule has 15 heavy (non-hydrogen) atoms. The third-order valence-corrected chi connectivity index (χ3v) is 1.40. The van der Waals surface area contributed by atoms with Crippen molar-refractivity contribution in [1.29, 1.82) is 5.26 Å². The van der Waals surface area contributed by atoms with E-state index in [2.05, 4.69) is 11.6 Å². The number of aliphatic imine (C=N–C) groups is 1. The van der Waals surface area contributed by atoms with Gasteiger partial charge in [-0.15, -0.1) is 4.99 Å². The zero-order valence-electron chi connectivity index (χ0n) is 9.31. The molecule has 0 rings (SSSR count). The number of carbonyl (C=O) groups excluding carboxylic acids is 1. The van der Waals surface area contributed by atoms with Crippen LogP contribution in [0, 0.1) is 11.5 Å². The summed E-state index contributed by atoms with van der Waals surface area (Å²) in [6.07, 6.45) is 1.62. The molecule has 0 saturated carbocycles. The Morgan fingerprint density at radius 2 is 2.00 bits per heavy atom. The molecule has 0 N–H and O–H groups in total. The Morgan fingerprint density at radius 1 is 1.47 bits per heavy atom. The number of carbonyl (C=O) groups is 1. The van der Waals surface area contributed by atoms with Crippen LogP contribution < -0.4 is 0 Å². The fourth-order valence-electron chi connectivity index (χ4n) is 0.740. The number of guanidine groups is 1. The number of hydrogen-bond acceptors (Lipinski definition) is 4. The molecule has 0 saturated heterocycles. The Kier molecular flexibility index (Phi) is 4.88. The lowest BCUT2D eigenvalue weighted by atomic mass is 10.4. The minimum Gasteiger partial charge on any atom is -0.346 e. The van der Waals surface area contributed by atoms with Crippen molar-refractivity contribution in [3.63, 3.8) is 0 Å². The van der Waals surface area contributed by atoms with Gasteiger partial charge in [-0.25, -0.2) is 4.79 Å². The van der Waals surface area contributed by atoms with Gasteiger partial charge in [0, 0.05) is 26.7 Å². The fraction of sp³-hybridized carbons (Fsp3) is 0.444. The summed E-state index contributed by atoms with van der Waals surface area (Å²) >= 11 is 0. The van der Waals surface area contributed by atoms with Gasteiger partial charge < -0.3 is 9.74 Å². The zero-order chi connectivity index (χ0) is 12.0. The average molecular weight is 210 g/mol. The van der Waals surface area contributed by atoms with Crippen LogP contribution in [-0.4, -0.2) is 43.0 Å². The molecule has 0 unspecified atom stereocenters. The molecule has 0 aromatic carbocycles. The first-order chi connectivity index (χ1) is 6.90. The van der Waals surface area contributed by atoms with Crippen molar-refractivity contribution in [3.8, 4) is 6.19 Å². The van der Waals surface area contributed by atoms with Gasteiger partial charge in [-0.2, -0.15) is 10.3 Å². The zero-order valence-corrected chi connectivity index (χ0v) is 9.31. The molecule has 0 radical (unpaired) electrons. The molecule has 0 atom stereocenters. The Hall–Kier alpha value is -2.03. The molecule has 0 aliphatic carbocycles. The van der Waals surface area contributed by atoms with E-state index < -0.39 is 5.97 Å². The molecule has 0 bridgehead atoms. The van der Waals surface area contributed by atoms with Crippen LogP contribution in [0.4, 0.5) is 0 Å². The Morgan fingerprint density at radius 3 is 2.33 bits per heavy atom. The van der Waals surface area contributed by atoms with Crippen molar-refractivity contribution < 1.29 is 9.63 Å². The predicted octanol–water partition coefficient (Wildman–Crippen LogP) is 0.351. The van der Waals surface area contributed by atoms with Crippen LogP contribution in [0.5, 0.6) is 0 Å². The molecule has 0 aliphatic rings. The molecular formula is C9H14N4O2. The van der Waals surface area contributed by atoms with Crippen LogP contribution in [-0.2, 0) is 9.63 Å². The highest BCUT2D eigenvalue weighted by molar-refractivity contribution is 5.88. The van der Waals surface area contributed by atoms with E-state index in [1.165, 1.54) is 14.0 Å². The van der Waals surface area contributed by atoms with Gasteiger partial charge in [0.25, 0.3) is 0 Å². The number of nitrogens with zero attached hydrogens (tertiary/aromatic N) is 4. The third kappa shape index (κ3) is 4.13. The molecule has 0 aromatic heterocycles. The maximum atomic E-state index is 11.2. The van der Waals surface area contributed by atoms with E-state index in [1.54, 1.807) is 25.2 Å². The number of hydrogen-bond donors (Lipinski definition) is 0. The molecule has 6 heteroatoms. The Balaban J connectivity index is 4.62. The van der Waals surface area contributed by atoms with Crippen LogP contribution in [0.1, 0.15) is 6.92 Å². The lowest BCUT2D eigenvalue weighted by Crippen LogP contribution is -2.39. The summed E-state index contributed by atoms with van der Waals surface area (Å²) in [6, 6.07) is 0. The smallest absolute Gasteiger partial charge is 0.346 e. The van der Waals surface area contributed by atoms with Gasteiger partial charge in [-0.05, 0) is 6.92 Å². The predicted molar refractivity (Wildman–Crippen MR) is 55.4 cm³/mol. The normalized spacial score (nSPS) is 10.2. The molecule has 0 fully saturated rings. The summed E-state index contributed by atoms with van der Waals surface area (Å²) in [5.74, 6) is -0.336. The molecule has 0 spiro atoms. The van der Waals surface area contributed by atoms with E-state index in [0.29, 0.717) is 0 Å². The van der Waals surface area contributed by atoms with Crippen LogP contribution in [0.15, 0.2) is 17.1 Å². The molecular weight excluding hydrogens is 196 g/mol. The highest BCUT2D eigenvalue weighted by Crippen LogP contribution is 1.98. The van der Waals surface area contributed by atoms with Gasteiger partial charge in [0.05, 0.1) is 0 Å². The van der Waals surface area contributed by atoms with Crippen molar-refractivity contribution in [1.82, 2.24) is 9.96 Å². The van der Waals surface area contributed by atoms with Gasteiger partial charge in [0.15, 0.2) is 0 Å². The third-order valence-electron chi connectivity index (χ3n) is 1.40. The first kappa shape index (κ1) is 13.0. The molecule has 6 nitrogen and oxygen atoms in total. The summed E-state index contributed by atoms with van der Waals surface area (Å²) in [4.78, 5) is 21.1. The summed E-state index contributed by atoms with van der Waals surface area (Å²) in [5.41, 5.74) is 0.275. The van der Waals surface area contributed by atoms with Crippen molar-refractivity contribution >= 4 is 11.9 Å². The van der Waals surface area contributed by atoms with Crippen molar-refractivity contribution in [2.24, 2.45) is 4.99 Å². The standard InChI is InChI=1S/C9H14N4O2/c1-7(2)8(14)15-13(5)9(11-6-10)12(3)4/h1H2,2-5H3. The summed E-state index contributed by atoms with van der Waals surface area (Å²) in [5, 5.41) is 9.54. The summed E-state index contributed by atoms with van der Waals surface area (Å²) in [7, 11) is 4.85. The van der Waals surface area contributed by atoms with Gasteiger partial charge >= 0.3 is 5.97 Å². The second-order valence-electron chi connectivity index (χ2n) is 3.06. The highest BCUT2D eigenvalue weighted by Gasteiger charge is 2.14. The second-order valence-corrected chi connectivity index (χ2v) is 3.06. The minimum atomic E-state index is -0.565. The lowest BCUT2D eigenvalue weighted by Gasteiger charge is -2.23. The fourth-order valence-corrected chi connectivity index (χ4v) is 0.740. The van der Waals surface area contributed by atoms with Gasteiger partial charge in [0.1, 0.15) is 0 Å². The van der Waals surface area contributed by atoms with Gasteiger partial charge in [0.2, 0.25) is 12.2 Å².